The number of piperidine rings is 1. The minimum Gasteiger partial charge on any atom is -0.314 e. The van der Waals surface area contributed by atoms with Crippen LogP contribution in [0.25, 0.3) is 0 Å². The van der Waals surface area contributed by atoms with E-state index in [0.29, 0.717) is 0 Å². The van der Waals surface area contributed by atoms with Gasteiger partial charge in [0.05, 0.1) is 0 Å². The summed E-state index contributed by atoms with van der Waals surface area (Å²) >= 11 is 0. The quantitative estimate of drug-likeness (QED) is 0.833. The van der Waals surface area contributed by atoms with Crippen molar-refractivity contribution in [2.75, 3.05) is 26.2 Å². The lowest BCUT2D eigenvalue weighted by Gasteiger charge is -2.35. The van der Waals surface area contributed by atoms with Crippen LogP contribution in [-0.2, 0) is 0 Å². The zero-order valence-corrected chi connectivity index (χ0v) is 13.1. The van der Waals surface area contributed by atoms with Crippen LogP contribution in [0.15, 0.2) is 0 Å². The van der Waals surface area contributed by atoms with Gasteiger partial charge in [-0.05, 0) is 70.0 Å². The van der Waals surface area contributed by atoms with Gasteiger partial charge in [0.2, 0.25) is 0 Å². The van der Waals surface area contributed by atoms with Crippen LogP contribution < -0.4 is 5.32 Å². The van der Waals surface area contributed by atoms with Gasteiger partial charge in [0, 0.05) is 12.6 Å². The Kier molecular flexibility index (Phi) is 6.44. The first-order valence-corrected chi connectivity index (χ1v) is 8.36. The van der Waals surface area contributed by atoms with E-state index in [1.807, 2.05) is 0 Å². The highest BCUT2D eigenvalue weighted by Crippen LogP contribution is 2.28. The molecular weight excluding hydrogens is 256 g/mol. The third-order valence-electron chi connectivity index (χ3n) is 5.22. The molecule has 0 aromatic rings. The molecule has 0 aromatic carbocycles. The number of nitrogens with zero attached hydrogens (tertiary/aromatic N) is 1. The Labute approximate surface area is 125 Å². The van der Waals surface area contributed by atoms with E-state index in [2.05, 4.69) is 10.2 Å². The number of hydrogen-bond donors (Lipinski definition) is 1. The fraction of sp³-hybridized carbons (Fsp3) is 1.00. The normalized spacial score (nSPS) is 27.2. The summed E-state index contributed by atoms with van der Waals surface area (Å²) in [6.07, 6.45) is 13.2. The van der Waals surface area contributed by atoms with Crippen molar-refractivity contribution < 1.29 is 0 Å². The first-order valence-electron chi connectivity index (χ1n) is 8.36. The summed E-state index contributed by atoms with van der Waals surface area (Å²) in [6.45, 7) is 5.39. The van der Waals surface area contributed by atoms with Gasteiger partial charge in [-0.15, -0.1) is 12.4 Å². The zero-order chi connectivity index (χ0) is 12.2. The zero-order valence-electron chi connectivity index (χ0n) is 12.3. The lowest BCUT2D eigenvalue weighted by Crippen LogP contribution is -2.44. The van der Waals surface area contributed by atoms with Gasteiger partial charge in [-0.1, -0.05) is 19.3 Å². The molecule has 3 heteroatoms. The monoisotopic (exact) mass is 286 g/mol. The summed E-state index contributed by atoms with van der Waals surface area (Å²) < 4.78 is 0. The van der Waals surface area contributed by atoms with E-state index >= 15 is 0 Å². The Morgan fingerprint density at radius 2 is 1.47 bits per heavy atom. The molecule has 0 spiro atoms. The molecule has 112 valence electrons. The second-order valence-electron chi connectivity index (χ2n) is 6.93. The van der Waals surface area contributed by atoms with Crippen molar-refractivity contribution >= 4 is 12.4 Å². The minimum absolute atomic E-state index is 0. The smallest absolute Gasteiger partial charge is 0.00915 e. The third-order valence-corrected chi connectivity index (χ3v) is 5.22. The molecule has 0 unspecified atom stereocenters. The summed E-state index contributed by atoms with van der Waals surface area (Å²) in [6, 6.07) is 0.827. The van der Waals surface area contributed by atoms with E-state index in [-0.39, 0.29) is 12.4 Å². The van der Waals surface area contributed by atoms with Crippen molar-refractivity contribution in [3.63, 3.8) is 0 Å². The van der Waals surface area contributed by atoms with Crippen molar-refractivity contribution in [2.24, 2.45) is 11.8 Å². The average Bonchev–Trinajstić information content (AvgIpc) is 3.23. The summed E-state index contributed by atoms with van der Waals surface area (Å²) in [5.74, 6) is 2.06. The number of rotatable bonds is 5. The van der Waals surface area contributed by atoms with Gasteiger partial charge in [-0.25, -0.2) is 0 Å². The van der Waals surface area contributed by atoms with E-state index in [0.717, 1.165) is 17.9 Å². The largest absolute Gasteiger partial charge is 0.314 e. The van der Waals surface area contributed by atoms with Crippen LogP contribution in [0.1, 0.15) is 57.8 Å². The van der Waals surface area contributed by atoms with Crippen LogP contribution in [0, 0.1) is 11.8 Å². The van der Waals surface area contributed by atoms with Crippen molar-refractivity contribution in [1.29, 1.82) is 0 Å². The molecule has 3 aliphatic rings. The van der Waals surface area contributed by atoms with E-state index in [1.165, 1.54) is 84.0 Å². The highest BCUT2D eigenvalue weighted by molar-refractivity contribution is 5.85. The molecule has 1 N–H and O–H groups in total. The molecule has 0 radical (unpaired) electrons. The fourth-order valence-corrected chi connectivity index (χ4v) is 3.71. The number of halogens is 1. The number of nitrogens with one attached hydrogen (secondary N) is 1. The lowest BCUT2D eigenvalue weighted by atomic mass is 9.88. The maximum absolute atomic E-state index is 3.78. The second kappa shape index (κ2) is 7.85. The Hall–Kier alpha value is 0.210. The van der Waals surface area contributed by atoms with Crippen LogP contribution in [-0.4, -0.2) is 37.1 Å². The Balaban J connectivity index is 0.00000133. The molecule has 0 amide bonds. The van der Waals surface area contributed by atoms with E-state index in [9.17, 15) is 0 Å². The van der Waals surface area contributed by atoms with Crippen molar-refractivity contribution in [2.45, 2.75) is 63.8 Å². The SMILES string of the molecule is C1CCC(CN2CCC(NCC3CC3)CC2)CC1.Cl. The number of hydrogen-bond acceptors (Lipinski definition) is 2. The molecule has 1 aliphatic heterocycles. The topological polar surface area (TPSA) is 15.3 Å². The maximum Gasteiger partial charge on any atom is 0.00915 e. The van der Waals surface area contributed by atoms with E-state index in [1.54, 1.807) is 0 Å². The molecule has 19 heavy (non-hydrogen) atoms. The molecule has 1 heterocycles. The van der Waals surface area contributed by atoms with Crippen LogP contribution >= 0.6 is 12.4 Å². The van der Waals surface area contributed by atoms with Crippen molar-refractivity contribution in [3.05, 3.63) is 0 Å². The Morgan fingerprint density at radius 3 is 2.11 bits per heavy atom. The van der Waals surface area contributed by atoms with Crippen LogP contribution in [0.5, 0.6) is 0 Å². The minimum atomic E-state index is 0. The lowest BCUT2D eigenvalue weighted by molar-refractivity contribution is 0.155. The van der Waals surface area contributed by atoms with Crippen molar-refractivity contribution in [3.8, 4) is 0 Å². The van der Waals surface area contributed by atoms with E-state index < -0.39 is 0 Å². The van der Waals surface area contributed by atoms with Gasteiger partial charge in [0.25, 0.3) is 0 Å². The molecule has 2 nitrogen and oxygen atoms in total. The molecule has 0 bridgehead atoms. The molecule has 2 saturated carbocycles. The fourth-order valence-electron chi connectivity index (χ4n) is 3.71. The summed E-state index contributed by atoms with van der Waals surface area (Å²) in [7, 11) is 0. The Morgan fingerprint density at radius 1 is 0.789 bits per heavy atom. The van der Waals surface area contributed by atoms with E-state index in [4.69, 9.17) is 0 Å². The molecule has 3 fully saturated rings. The average molecular weight is 287 g/mol. The molecule has 1 saturated heterocycles. The molecule has 2 aliphatic carbocycles. The van der Waals surface area contributed by atoms with Crippen LogP contribution in [0.3, 0.4) is 0 Å². The van der Waals surface area contributed by atoms with Crippen LogP contribution in [0.2, 0.25) is 0 Å². The second-order valence-corrected chi connectivity index (χ2v) is 6.93. The molecule has 0 atom stereocenters. The summed E-state index contributed by atoms with van der Waals surface area (Å²) in [4.78, 5) is 2.74. The summed E-state index contributed by atoms with van der Waals surface area (Å²) in [5.41, 5.74) is 0. The van der Waals surface area contributed by atoms with Crippen molar-refractivity contribution in [1.82, 2.24) is 10.2 Å². The number of likely N-dealkylation sites (tertiary alicyclic amines) is 1. The third kappa shape index (κ3) is 5.24. The predicted octanol–water partition coefficient (Wildman–Crippen LogP) is 3.45. The van der Waals surface area contributed by atoms with Gasteiger partial charge in [0.15, 0.2) is 0 Å². The standard InChI is InChI=1S/C16H30N2.ClH/c1-2-4-15(5-3-1)13-18-10-8-16(9-11-18)17-12-14-6-7-14;/h14-17H,1-13H2;1H. The molecule has 3 rings (SSSR count). The highest BCUT2D eigenvalue weighted by atomic mass is 35.5. The first-order chi connectivity index (χ1) is 8.90. The first kappa shape index (κ1) is 15.6. The van der Waals surface area contributed by atoms with Gasteiger partial charge < -0.3 is 10.2 Å². The van der Waals surface area contributed by atoms with Crippen LogP contribution in [0.4, 0.5) is 0 Å². The Bertz CT molecular complexity index is 241. The molecule has 0 aromatic heterocycles. The molecular formula is C16H31ClN2. The summed E-state index contributed by atoms with van der Waals surface area (Å²) in [5, 5.41) is 3.78. The van der Waals surface area contributed by atoms with Gasteiger partial charge in [-0.3, -0.25) is 0 Å². The van der Waals surface area contributed by atoms with Gasteiger partial charge in [-0.2, -0.15) is 0 Å². The maximum atomic E-state index is 3.78. The predicted molar refractivity (Wildman–Crippen MR) is 84.0 cm³/mol. The highest BCUT2D eigenvalue weighted by Gasteiger charge is 2.25. The van der Waals surface area contributed by atoms with Gasteiger partial charge in [0.1, 0.15) is 0 Å². The van der Waals surface area contributed by atoms with Gasteiger partial charge >= 0.3 is 0 Å².